The highest BCUT2D eigenvalue weighted by atomic mass is 16.2. The van der Waals surface area contributed by atoms with Gasteiger partial charge in [-0.15, -0.1) is 0 Å². The lowest BCUT2D eigenvalue weighted by atomic mass is 9.85. The summed E-state index contributed by atoms with van der Waals surface area (Å²) < 4.78 is 0. The fourth-order valence-corrected chi connectivity index (χ4v) is 3.11. The third-order valence-corrected chi connectivity index (χ3v) is 3.55. The maximum Gasteiger partial charge on any atom is 0.144 e. The second kappa shape index (κ2) is 1.87. The normalized spacial score (nSPS) is 49.0. The maximum atomic E-state index is 11.4. The van der Waals surface area contributed by atoms with Crippen molar-refractivity contribution in [3.63, 3.8) is 0 Å². The van der Waals surface area contributed by atoms with Crippen molar-refractivity contribution in [3.05, 3.63) is 12.2 Å². The molecule has 62 valence electrons. The Kier molecular flexibility index (Phi) is 1.03. The lowest BCUT2D eigenvalue weighted by Crippen LogP contribution is -2.21. The Morgan fingerprint density at radius 2 is 1.50 bits per heavy atom. The van der Waals surface area contributed by atoms with E-state index < -0.39 is 0 Å². The van der Waals surface area contributed by atoms with Gasteiger partial charge in [0.1, 0.15) is 11.6 Å². The van der Waals surface area contributed by atoms with E-state index in [-0.39, 0.29) is 29.8 Å². The van der Waals surface area contributed by atoms with Gasteiger partial charge in [0.05, 0.1) is 6.42 Å². The predicted molar refractivity (Wildman–Crippen MR) is 42.3 cm³/mol. The van der Waals surface area contributed by atoms with Crippen molar-refractivity contribution in [2.75, 3.05) is 0 Å². The highest BCUT2D eigenvalue weighted by molar-refractivity contribution is 6.09. The molecule has 0 amide bonds. The van der Waals surface area contributed by atoms with Gasteiger partial charge in [0.2, 0.25) is 0 Å². The third kappa shape index (κ3) is 0.576. The Bertz CT molecular complexity index is 275. The molecule has 0 saturated heterocycles. The molecule has 2 heteroatoms. The van der Waals surface area contributed by atoms with Crippen LogP contribution in [0.25, 0.3) is 0 Å². The van der Waals surface area contributed by atoms with Crippen LogP contribution in [0.5, 0.6) is 0 Å². The van der Waals surface area contributed by atoms with Crippen LogP contribution in [0.15, 0.2) is 12.2 Å². The molecule has 0 heterocycles. The number of allylic oxidation sites excluding steroid dienone is 2. The standard InChI is InChI=1S/C10H10O2/c11-7-4-8(12)10-6-2-1-5(3-6)9(7)10/h1-2,5-6,9-10H,3-4H2/t5-,6+,9+,10-. The van der Waals surface area contributed by atoms with Gasteiger partial charge in [-0.05, 0) is 18.3 Å². The molecule has 3 aliphatic carbocycles. The van der Waals surface area contributed by atoms with Crippen molar-refractivity contribution >= 4 is 11.6 Å². The fourth-order valence-electron chi connectivity index (χ4n) is 3.11. The monoisotopic (exact) mass is 162 g/mol. The summed E-state index contributed by atoms with van der Waals surface area (Å²) in [6.45, 7) is 0. The van der Waals surface area contributed by atoms with Crippen LogP contribution in [0.2, 0.25) is 0 Å². The smallest absolute Gasteiger partial charge is 0.144 e. The number of rotatable bonds is 0. The fraction of sp³-hybridized carbons (Fsp3) is 0.600. The molecule has 12 heavy (non-hydrogen) atoms. The number of carbonyl (C=O) groups is 2. The first-order valence-corrected chi connectivity index (χ1v) is 4.51. The van der Waals surface area contributed by atoms with Crippen LogP contribution in [0, 0.1) is 23.7 Å². The first-order valence-electron chi connectivity index (χ1n) is 4.51. The van der Waals surface area contributed by atoms with Crippen molar-refractivity contribution in [1.82, 2.24) is 0 Å². The number of hydrogen-bond donors (Lipinski definition) is 0. The van der Waals surface area contributed by atoms with Gasteiger partial charge in [0.15, 0.2) is 0 Å². The average Bonchev–Trinajstić information content (AvgIpc) is 2.64. The molecule has 4 atom stereocenters. The zero-order chi connectivity index (χ0) is 8.29. The van der Waals surface area contributed by atoms with Crippen LogP contribution in [0.4, 0.5) is 0 Å². The van der Waals surface area contributed by atoms with Crippen LogP contribution < -0.4 is 0 Å². The summed E-state index contributed by atoms with van der Waals surface area (Å²) in [5.74, 6) is 1.35. The Morgan fingerprint density at radius 1 is 1.00 bits per heavy atom. The van der Waals surface area contributed by atoms with E-state index in [0.717, 1.165) is 6.42 Å². The second-order valence-corrected chi connectivity index (χ2v) is 4.11. The lowest BCUT2D eigenvalue weighted by Gasteiger charge is -2.16. The number of carbonyl (C=O) groups excluding carboxylic acids is 2. The van der Waals surface area contributed by atoms with Crippen LogP contribution in [0.3, 0.4) is 0 Å². The minimum atomic E-state index is 0.0764. The van der Waals surface area contributed by atoms with Gasteiger partial charge in [0.25, 0.3) is 0 Å². The summed E-state index contributed by atoms with van der Waals surface area (Å²) in [6, 6.07) is 0. The lowest BCUT2D eigenvalue weighted by molar-refractivity contribution is -0.123. The molecule has 0 spiro atoms. The SMILES string of the molecule is O=C1CC(=O)[C@H]2[C@@H]1[C@H]1C=C[C@@H]2C1. The highest BCUT2D eigenvalue weighted by Gasteiger charge is 2.55. The maximum absolute atomic E-state index is 11.4. The van der Waals surface area contributed by atoms with E-state index in [1.165, 1.54) is 0 Å². The zero-order valence-corrected chi connectivity index (χ0v) is 6.69. The van der Waals surface area contributed by atoms with Crippen molar-refractivity contribution < 1.29 is 9.59 Å². The van der Waals surface area contributed by atoms with E-state index in [4.69, 9.17) is 0 Å². The Hall–Kier alpha value is -0.920. The van der Waals surface area contributed by atoms with Crippen molar-refractivity contribution in [1.29, 1.82) is 0 Å². The first kappa shape index (κ1) is 6.58. The minimum absolute atomic E-state index is 0.0764. The van der Waals surface area contributed by atoms with Gasteiger partial charge in [-0.25, -0.2) is 0 Å². The van der Waals surface area contributed by atoms with E-state index in [2.05, 4.69) is 12.2 Å². The quantitative estimate of drug-likeness (QED) is 0.393. The summed E-state index contributed by atoms with van der Waals surface area (Å²) in [5.41, 5.74) is 0. The summed E-state index contributed by atoms with van der Waals surface area (Å²) in [6.07, 6.45) is 5.52. The third-order valence-electron chi connectivity index (χ3n) is 3.55. The number of Topliss-reactive ketones (excluding diaryl/α,β-unsaturated/α-hetero) is 2. The summed E-state index contributed by atoms with van der Waals surface area (Å²) in [4.78, 5) is 22.8. The average molecular weight is 162 g/mol. The highest BCUT2D eigenvalue weighted by Crippen LogP contribution is 2.52. The molecule has 2 bridgehead atoms. The van der Waals surface area contributed by atoms with Crippen LogP contribution in [-0.4, -0.2) is 11.6 Å². The van der Waals surface area contributed by atoms with Crippen molar-refractivity contribution in [2.45, 2.75) is 12.8 Å². The summed E-state index contributed by atoms with van der Waals surface area (Å²) >= 11 is 0. The topological polar surface area (TPSA) is 34.1 Å². The molecular weight excluding hydrogens is 152 g/mol. The van der Waals surface area contributed by atoms with Crippen LogP contribution in [0.1, 0.15) is 12.8 Å². The van der Waals surface area contributed by atoms with Crippen molar-refractivity contribution in [3.8, 4) is 0 Å². The number of ketones is 2. The van der Waals surface area contributed by atoms with Crippen LogP contribution >= 0.6 is 0 Å². The Balaban J connectivity index is 2.08. The molecule has 0 aromatic carbocycles. The minimum Gasteiger partial charge on any atom is -0.299 e. The van der Waals surface area contributed by atoms with Gasteiger partial charge in [-0.1, -0.05) is 12.2 Å². The van der Waals surface area contributed by atoms with Crippen LogP contribution in [-0.2, 0) is 9.59 Å². The molecule has 0 aromatic rings. The van der Waals surface area contributed by atoms with Gasteiger partial charge in [-0.3, -0.25) is 9.59 Å². The van der Waals surface area contributed by atoms with Gasteiger partial charge < -0.3 is 0 Å². The summed E-state index contributed by atoms with van der Waals surface area (Å²) in [7, 11) is 0. The zero-order valence-electron chi connectivity index (χ0n) is 6.69. The molecule has 0 aliphatic heterocycles. The Morgan fingerprint density at radius 3 is 2.00 bits per heavy atom. The van der Waals surface area contributed by atoms with Gasteiger partial charge >= 0.3 is 0 Å². The molecule has 3 aliphatic rings. The molecule has 0 aromatic heterocycles. The first-order chi connectivity index (χ1) is 5.77. The van der Waals surface area contributed by atoms with Gasteiger partial charge in [0, 0.05) is 11.8 Å². The number of hydrogen-bond acceptors (Lipinski definition) is 2. The largest absolute Gasteiger partial charge is 0.299 e. The molecule has 0 N–H and O–H groups in total. The molecule has 2 nitrogen and oxygen atoms in total. The van der Waals surface area contributed by atoms with E-state index in [1.807, 2.05) is 0 Å². The molecule has 3 rings (SSSR count). The molecular formula is C10H10O2. The molecule has 0 unspecified atom stereocenters. The molecule has 0 radical (unpaired) electrons. The van der Waals surface area contributed by atoms with E-state index in [1.54, 1.807) is 0 Å². The Labute approximate surface area is 70.6 Å². The predicted octanol–water partition coefficient (Wildman–Crippen LogP) is 0.967. The van der Waals surface area contributed by atoms with E-state index in [0.29, 0.717) is 11.8 Å². The molecule has 2 saturated carbocycles. The van der Waals surface area contributed by atoms with Crippen molar-refractivity contribution in [2.24, 2.45) is 23.7 Å². The molecule has 2 fully saturated rings. The number of fused-ring (bicyclic) bond motifs is 5. The van der Waals surface area contributed by atoms with Gasteiger partial charge in [-0.2, -0.15) is 0 Å². The summed E-state index contributed by atoms with van der Waals surface area (Å²) in [5, 5.41) is 0. The second-order valence-electron chi connectivity index (χ2n) is 4.11. The van der Waals surface area contributed by atoms with E-state index >= 15 is 0 Å². The van der Waals surface area contributed by atoms with E-state index in [9.17, 15) is 9.59 Å².